The van der Waals surface area contributed by atoms with Gasteiger partial charge in [0.05, 0.1) is 18.0 Å². The molecule has 0 spiro atoms. The Bertz CT molecular complexity index is 1100. The molecule has 2 amide bonds. The van der Waals surface area contributed by atoms with E-state index in [1.807, 2.05) is 86.6 Å². The summed E-state index contributed by atoms with van der Waals surface area (Å²) in [6, 6.07) is 22.7. The fourth-order valence-electron chi connectivity index (χ4n) is 3.54. The maximum Gasteiger partial charge on any atom is 0.255 e. The zero-order valence-electron chi connectivity index (χ0n) is 17.5. The van der Waals surface area contributed by atoms with Crippen LogP contribution >= 0.6 is 11.8 Å². The van der Waals surface area contributed by atoms with Gasteiger partial charge in [-0.3, -0.25) is 14.5 Å². The van der Waals surface area contributed by atoms with Gasteiger partial charge in [-0.1, -0.05) is 42.0 Å². The molecule has 0 unspecified atom stereocenters. The number of anilines is 2. The molecule has 1 saturated heterocycles. The van der Waals surface area contributed by atoms with Crippen LogP contribution in [-0.2, 0) is 4.79 Å². The fourth-order valence-corrected chi connectivity index (χ4v) is 4.70. The smallest absolute Gasteiger partial charge is 0.255 e. The number of nitrogens with zero attached hydrogens (tertiary/aromatic N) is 1. The van der Waals surface area contributed by atoms with Gasteiger partial charge in [0, 0.05) is 11.3 Å². The second kappa shape index (κ2) is 9.27. The lowest BCUT2D eigenvalue weighted by Gasteiger charge is -2.26. The quantitative estimate of drug-likeness (QED) is 0.565. The van der Waals surface area contributed by atoms with E-state index in [9.17, 15) is 9.59 Å². The summed E-state index contributed by atoms with van der Waals surface area (Å²) in [6.45, 7) is 4.44. The molecule has 0 radical (unpaired) electrons. The molecule has 1 aliphatic rings. The molecular weight excluding hydrogens is 408 g/mol. The van der Waals surface area contributed by atoms with E-state index in [0.717, 1.165) is 16.8 Å². The number of rotatable bonds is 6. The Kier molecular flexibility index (Phi) is 6.28. The Morgan fingerprint density at radius 3 is 2.65 bits per heavy atom. The highest BCUT2D eigenvalue weighted by molar-refractivity contribution is 8.00. The molecule has 1 aliphatic heterocycles. The predicted octanol–water partition coefficient (Wildman–Crippen LogP) is 5.42. The third-order valence-electron chi connectivity index (χ3n) is 5.04. The standard InChI is InChI=1S/C25H24N2O3S/c1-3-30-22-10-5-4-9-21(22)27-23(28)16-31-25(27)19-7-6-8-20(15-19)26-24(29)18-13-11-17(2)12-14-18/h4-15,25H,3,16H2,1-2H3,(H,26,29)/t25-/m1/s1. The molecule has 3 aromatic rings. The van der Waals surface area contributed by atoms with Gasteiger partial charge in [-0.15, -0.1) is 11.8 Å². The van der Waals surface area contributed by atoms with Crippen molar-refractivity contribution in [1.82, 2.24) is 0 Å². The largest absolute Gasteiger partial charge is 0.492 e. The zero-order chi connectivity index (χ0) is 21.8. The lowest BCUT2D eigenvalue weighted by molar-refractivity contribution is -0.115. The molecule has 3 aromatic carbocycles. The molecule has 1 N–H and O–H groups in total. The minimum Gasteiger partial charge on any atom is -0.492 e. The first-order valence-corrected chi connectivity index (χ1v) is 11.2. The van der Waals surface area contributed by atoms with Gasteiger partial charge in [0.1, 0.15) is 11.1 Å². The number of aryl methyl sites for hydroxylation is 1. The van der Waals surface area contributed by atoms with Crippen molar-refractivity contribution in [2.75, 3.05) is 22.6 Å². The number of amides is 2. The fraction of sp³-hybridized carbons (Fsp3) is 0.200. The van der Waals surface area contributed by atoms with E-state index in [-0.39, 0.29) is 17.2 Å². The van der Waals surface area contributed by atoms with Gasteiger partial charge in [0.15, 0.2) is 0 Å². The Labute approximate surface area is 186 Å². The van der Waals surface area contributed by atoms with E-state index < -0.39 is 0 Å². The second-order valence-electron chi connectivity index (χ2n) is 7.27. The van der Waals surface area contributed by atoms with Gasteiger partial charge in [0.25, 0.3) is 5.91 Å². The van der Waals surface area contributed by atoms with Gasteiger partial charge in [-0.25, -0.2) is 0 Å². The summed E-state index contributed by atoms with van der Waals surface area (Å²) in [5, 5.41) is 2.77. The lowest BCUT2D eigenvalue weighted by atomic mass is 10.1. The van der Waals surface area contributed by atoms with Crippen molar-refractivity contribution in [2.45, 2.75) is 19.2 Å². The van der Waals surface area contributed by atoms with Gasteiger partial charge in [0.2, 0.25) is 5.91 Å². The van der Waals surface area contributed by atoms with Crippen LogP contribution in [0, 0.1) is 6.92 Å². The number of para-hydroxylation sites is 2. The minimum atomic E-state index is -0.190. The SMILES string of the molecule is CCOc1ccccc1N1C(=O)CS[C@@H]1c1cccc(NC(=O)c2ccc(C)cc2)c1. The number of thioether (sulfide) groups is 1. The van der Waals surface area contributed by atoms with Crippen molar-refractivity contribution in [3.05, 3.63) is 89.5 Å². The molecule has 1 heterocycles. The molecule has 1 fully saturated rings. The van der Waals surface area contributed by atoms with Crippen LogP contribution in [-0.4, -0.2) is 24.2 Å². The van der Waals surface area contributed by atoms with Gasteiger partial charge >= 0.3 is 0 Å². The molecule has 5 nitrogen and oxygen atoms in total. The molecule has 4 rings (SSSR count). The molecule has 0 aliphatic carbocycles. The lowest BCUT2D eigenvalue weighted by Crippen LogP contribution is -2.28. The van der Waals surface area contributed by atoms with E-state index in [1.165, 1.54) is 0 Å². The monoisotopic (exact) mass is 432 g/mol. The van der Waals surface area contributed by atoms with Crippen molar-refractivity contribution < 1.29 is 14.3 Å². The first kappa shape index (κ1) is 21.0. The van der Waals surface area contributed by atoms with E-state index >= 15 is 0 Å². The number of ether oxygens (including phenoxy) is 1. The van der Waals surface area contributed by atoms with Crippen LogP contribution in [0.1, 0.15) is 33.8 Å². The maximum atomic E-state index is 12.8. The summed E-state index contributed by atoms with van der Waals surface area (Å²) in [5.74, 6) is 0.960. The molecule has 0 aromatic heterocycles. The highest BCUT2D eigenvalue weighted by Crippen LogP contribution is 2.45. The topological polar surface area (TPSA) is 58.6 Å². The molecule has 1 atom stereocenters. The van der Waals surface area contributed by atoms with Crippen LogP contribution in [0.3, 0.4) is 0 Å². The number of nitrogens with one attached hydrogen (secondary N) is 1. The molecular formula is C25H24N2O3S. The third kappa shape index (κ3) is 4.59. The summed E-state index contributed by atoms with van der Waals surface area (Å²) in [6.07, 6.45) is 0. The summed E-state index contributed by atoms with van der Waals surface area (Å²) in [4.78, 5) is 27.2. The number of carbonyl (C=O) groups is 2. The van der Waals surface area contributed by atoms with Crippen molar-refractivity contribution in [1.29, 1.82) is 0 Å². The Balaban J connectivity index is 1.60. The van der Waals surface area contributed by atoms with E-state index in [2.05, 4.69) is 5.32 Å². The molecule has 158 valence electrons. The Hall–Kier alpha value is -3.25. The van der Waals surface area contributed by atoms with Gasteiger partial charge in [-0.2, -0.15) is 0 Å². The number of hydrogen-bond acceptors (Lipinski definition) is 4. The van der Waals surface area contributed by atoms with Crippen molar-refractivity contribution in [3.63, 3.8) is 0 Å². The maximum absolute atomic E-state index is 12.8. The normalized spacial score (nSPS) is 15.7. The predicted molar refractivity (Wildman–Crippen MR) is 126 cm³/mol. The van der Waals surface area contributed by atoms with Crippen molar-refractivity contribution >= 4 is 35.0 Å². The van der Waals surface area contributed by atoms with Crippen LogP contribution in [0.15, 0.2) is 72.8 Å². The second-order valence-corrected chi connectivity index (χ2v) is 8.34. The Morgan fingerprint density at radius 1 is 1.10 bits per heavy atom. The van der Waals surface area contributed by atoms with Crippen molar-refractivity contribution in [2.24, 2.45) is 0 Å². The molecule has 0 bridgehead atoms. The Morgan fingerprint density at radius 2 is 1.87 bits per heavy atom. The number of benzene rings is 3. The third-order valence-corrected chi connectivity index (χ3v) is 6.25. The average Bonchev–Trinajstić information content (AvgIpc) is 3.16. The minimum absolute atomic E-state index is 0.0382. The van der Waals surface area contributed by atoms with Crippen LogP contribution < -0.4 is 15.0 Å². The molecule has 0 saturated carbocycles. The number of carbonyl (C=O) groups excluding carboxylic acids is 2. The highest BCUT2D eigenvalue weighted by Gasteiger charge is 2.35. The highest BCUT2D eigenvalue weighted by atomic mass is 32.2. The van der Waals surface area contributed by atoms with E-state index in [4.69, 9.17) is 4.74 Å². The van der Waals surface area contributed by atoms with Crippen LogP contribution in [0.25, 0.3) is 0 Å². The first-order chi connectivity index (χ1) is 15.1. The molecule has 6 heteroatoms. The zero-order valence-corrected chi connectivity index (χ0v) is 18.3. The summed E-state index contributed by atoms with van der Waals surface area (Å²) in [5.41, 5.74) is 4.12. The number of hydrogen-bond donors (Lipinski definition) is 1. The summed E-state index contributed by atoms with van der Waals surface area (Å²) in [7, 11) is 0. The van der Waals surface area contributed by atoms with Crippen LogP contribution in [0.5, 0.6) is 5.75 Å². The molecule has 31 heavy (non-hydrogen) atoms. The first-order valence-electron chi connectivity index (χ1n) is 10.2. The van der Waals surface area contributed by atoms with E-state index in [1.54, 1.807) is 16.7 Å². The van der Waals surface area contributed by atoms with E-state index in [0.29, 0.717) is 29.4 Å². The van der Waals surface area contributed by atoms with Gasteiger partial charge < -0.3 is 10.1 Å². The van der Waals surface area contributed by atoms with Crippen molar-refractivity contribution in [3.8, 4) is 5.75 Å². The average molecular weight is 433 g/mol. The van der Waals surface area contributed by atoms with Crippen LogP contribution in [0.4, 0.5) is 11.4 Å². The van der Waals surface area contributed by atoms with Gasteiger partial charge in [-0.05, 0) is 55.8 Å². The summed E-state index contributed by atoms with van der Waals surface area (Å²) >= 11 is 1.57. The van der Waals surface area contributed by atoms with Crippen LogP contribution in [0.2, 0.25) is 0 Å². The summed E-state index contributed by atoms with van der Waals surface area (Å²) < 4.78 is 5.76.